The number of nitrogens with zero attached hydrogens (tertiary/aromatic N) is 1. The van der Waals surface area contributed by atoms with Gasteiger partial charge in [0.05, 0.1) is 6.54 Å². The minimum absolute atomic E-state index is 0.167. The fraction of sp³-hybridized carbons (Fsp3) is 0.278. The van der Waals surface area contributed by atoms with Crippen LogP contribution in [-0.2, 0) is 6.42 Å². The van der Waals surface area contributed by atoms with Crippen LogP contribution in [0, 0.1) is 0 Å². The van der Waals surface area contributed by atoms with E-state index in [0.29, 0.717) is 12.6 Å². The van der Waals surface area contributed by atoms with Gasteiger partial charge in [-0.15, -0.1) is 0 Å². The van der Waals surface area contributed by atoms with Gasteiger partial charge in [0.1, 0.15) is 0 Å². The summed E-state index contributed by atoms with van der Waals surface area (Å²) in [6.07, 6.45) is 2.20. The molecule has 1 aliphatic rings. The summed E-state index contributed by atoms with van der Waals surface area (Å²) >= 11 is 3.43. The number of Topliss-reactive ketones (excluding diaryl/α,β-unsaturated/α-hetero) is 1. The first kappa shape index (κ1) is 14.3. The molecule has 1 atom stereocenters. The third-order valence-corrected chi connectivity index (χ3v) is 4.62. The van der Waals surface area contributed by atoms with Gasteiger partial charge in [0.15, 0.2) is 5.78 Å². The molecule has 0 aromatic heterocycles. The number of aryl methyl sites for hydroxylation is 1. The molecule has 1 unspecified atom stereocenters. The lowest BCUT2D eigenvalue weighted by molar-refractivity contribution is 0.0996. The second-order valence-corrected chi connectivity index (χ2v) is 6.49. The molecule has 2 aromatic rings. The van der Waals surface area contributed by atoms with E-state index in [-0.39, 0.29) is 5.78 Å². The molecule has 21 heavy (non-hydrogen) atoms. The topological polar surface area (TPSA) is 20.3 Å². The van der Waals surface area contributed by atoms with Crippen LogP contribution in [-0.4, -0.2) is 18.4 Å². The van der Waals surface area contributed by atoms with Crippen LogP contribution in [0.1, 0.15) is 29.3 Å². The fourth-order valence-electron chi connectivity index (χ4n) is 2.91. The number of halogens is 1. The molecule has 0 aliphatic carbocycles. The summed E-state index contributed by atoms with van der Waals surface area (Å²) in [5, 5.41) is 0. The molecule has 0 fully saturated rings. The summed E-state index contributed by atoms with van der Waals surface area (Å²) in [5.41, 5.74) is 3.32. The zero-order chi connectivity index (χ0) is 14.8. The Kier molecular flexibility index (Phi) is 4.11. The van der Waals surface area contributed by atoms with Gasteiger partial charge in [0, 0.05) is 21.8 Å². The smallest absolute Gasteiger partial charge is 0.182 e. The second-order valence-electron chi connectivity index (χ2n) is 5.58. The number of fused-ring (bicyclic) bond motifs is 1. The molecule has 1 aliphatic heterocycles. The van der Waals surface area contributed by atoms with Crippen molar-refractivity contribution in [3.8, 4) is 0 Å². The Hall–Kier alpha value is -1.61. The van der Waals surface area contributed by atoms with E-state index in [1.54, 1.807) is 0 Å². The van der Waals surface area contributed by atoms with Gasteiger partial charge in [0.2, 0.25) is 0 Å². The molecule has 2 nitrogen and oxygen atoms in total. The number of anilines is 1. The molecule has 0 N–H and O–H groups in total. The Labute approximate surface area is 133 Å². The van der Waals surface area contributed by atoms with E-state index >= 15 is 0 Å². The van der Waals surface area contributed by atoms with E-state index in [2.05, 4.69) is 46.0 Å². The maximum Gasteiger partial charge on any atom is 0.182 e. The molecular weight excluding hydrogens is 326 g/mol. The summed E-state index contributed by atoms with van der Waals surface area (Å²) in [7, 11) is 0. The summed E-state index contributed by atoms with van der Waals surface area (Å²) in [6, 6.07) is 16.4. The number of hydrogen-bond donors (Lipinski definition) is 0. The molecule has 3 heteroatoms. The van der Waals surface area contributed by atoms with Crippen molar-refractivity contribution in [2.24, 2.45) is 0 Å². The van der Waals surface area contributed by atoms with Crippen molar-refractivity contribution < 1.29 is 4.79 Å². The number of ketones is 1. The minimum Gasteiger partial charge on any atom is -0.361 e. The summed E-state index contributed by atoms with van der Waals surface area (Å²) < 4.78 is 0.945. The second kappa shape index (κ2) is 6.02. The van der Waals surface area contributed by atoms with E-state index in [0.717, 1.165) is 22.9 Å². The van der Waals surface area contributed by atoms with E-state index in [4.69, 9.17) is 0 Å². The quantitative estimate of drug-likeness (QED) is 0.766. The van der Waals surface area contributed by atoms with Crippen LogP contribution in [0.3, 0.4) is 0 Å². The van der Waals surface area contributed by atoms with Gasteiger partial charge in [-0.05, 0) is 43.5 Å². The van der Waals surface area contributed by atoms with Crippen LogP contribution in [0.5, 0.6) is 0 Å². The minimum atomic E-state index is 0.167. The van der Waals surface area contributed by atoms with Crippen molar-refractivity contribution >= 4 is 27.4 Å². The molecule has 108 valence electrons. The number of rotatable bonds is 3. The van der Waals surface area contributed by atoms with Crippen LogP contribution in [0.2, 0.25) is 0 Å². The highest BCUT2D eigenvalue weighted by molar-refractivity contribution is 9.10. The van der Waals surface area contributed by atoms with Gasteiger partial charge in [-0.2, -0.15) is 0 Å². The van der Waals surface area contributed by atoms with Crippen molar-refractivity contribution in [3.63, 3.8) is 0 Å². The molecule has 3 rings (SSSR count). The normalized spacial score (nSPS) is 17.4. The predicted octanol–water partition coefficient (Wildman–Crippen LogP) is 4.47. The van der Waals surface area contributed by atoms with Crippen molar-refractivity contribution in [1.82, 2.24) is 0 Å². The van der Waals surface area contributed by atoms with Crippen LogP contribution in [0.4, 0.5) is 5.69 Å². The molecule has 0 bridgehead atoms. The zero-order valence-corrected chi connectivity index (χ0v) is 13.6. The lowest BCUT2D eigenvalue weighted by Crippen LogP contribution is -2.40. The Balaban J connectivity index is 1.86. The molecule has 0 saturated carbocycles. The maximum absolute atomic E-state index is 12.6. The fourth-order valence-corrected chi connectivity index (χ4v) is 3.31. The number of carbonyl (C=O) groups excluding carboxylic acids is 1. The molecular formula is C18H18BrNO. The van der Waals surface area contributed by atoms with Gasteiger partial charge in [-0.1, -0.05) is 46.3 Å². The van der Waals surface area contributed by atoms with Crippen LogP contribution in [0.15, 0.2) is 53.0 Å². The van der Waals surface area contributed by atoms with E-state index in [1.165, 1.54) is 11.3 Å². The van der Waals surface area contributed by atoms with Crippen molar-refractivity contribution in [2.45, 2.75) is 25.8 Å². The molecule has 1 heterocycles. The van der Waals surface area contributed by atoms with Gasteiger partial charge in [0.25, 0.3) is 0 Å². The summed E-state index contributed by atoms with van der Waals surface area (Å²) in [6.45, 7) is 2.64. The van der Waals surface area contributed by atoms with Gasteiger partial charge in [-0.25, -0.2) is 0 Å². The molecule has 0 amide bonds. The number of carbonyl (C=O) groups is 1. The Morgan fingerprint density at radius 3 is 2.86 bits per heavy atom. The maximum atomic E-state index is 12.6. The Morgan fingerprint density at radius 1 is 1.24 bits per heavy atom. The largest absolute Gasteiger partial charge is 0.361 e. The SMILES string of the molecule is CC1CCc2ccccc2N1CC(=O)c1cccc(Br)c1. The average Bonchev–Trinajstić information content (AvgIpc) is 2.50. The molecule has 0 radical (unpaired) electrons. The lowest BCUT2D eigenvalue weighted by Gasteiger charge is -2.36. The standard InChI is InChI=1S/C18H18BrNO/c1-13-9-10-14-5-2-3-8-17(14)20(13)12-18(21)15-6-4-7-16(19)11-15/h2-8,11,13H,9-10,12H2,1H3. The molecule has 0 spiro atoms. The summed E-state index contributed by atoms with van der Waals surface area (Å²) in [4.78, 5) is 14.8. The number of para-hydroxylation sites is 1. The van der Waals surface area contributed by atoms with Gasteiger partial charge < -0.3 is 4.90 Å². The van der Waals surface area contributed by atoms with Crippen molar-refractivity contribution in [2.75, 3.05) is 11.4 Å². The van der Waals surface area contributed by atoms with Gasteiger partial charge >= 0.3 is 0 Å². The van der Waals surface area contributed by atoms with E-state index in [1.807, 2.05) is 30.3 Å². The first-order chi connectivity index (χ1) is 10.1. The third-order valence-electron chi connectivity index (χ3n) is 4.13. The van der Waals surface area contributed by atoms with Crippen LogP contribution >= 0.6 is 15.9 Å². The predicted molar refractivity (Wildman–Crippen MR) is 90.0 cm³/mol. The van der Waals surface area contributed by atoms with Crippen LogP contribution < -0.4 is 4.90 Å². The zero-order valence-electron chi connectivity index (χ0n) is 12.1. The molecule has 0 saturated heterocycles. The number of hydrogen-bond acceptors (Lipinski definition) is 2. The van der Waals surface area contributed by atoms with Crippen molar-refractivity contribution in [3.05, 3.63) is 64.1 Å². The Bertz CT molecular complexity index is 668. The first-order valence-electron chi connectivity index (χ1n) is 7.28. The average molecular weight is 344 g/mol. The highest BCUT2D eigenvalue weighted by Gasteiger charge is 2.24. The molecule has 2 aromatic carbocycles. The van der Waals surface area contributed by atoms with E-state index < -0.39 is 0 Å². The van der Waals surface area contributed by atoms with Gasteiger partial charge in [-0.3, -0.25) is 4.79 Å². The highest BCUT2D eigenvalue weighted by atomic mass is 79.9. The van der Waals surface area contributed by atoms with Crippen LogP contribution in [0.25, 0.3) is 0 Å². The lowest BCUT2D eigenvalue weighted by atomic mass is 9.96. The Morgan fingerprint density at radius 2 is 2.05 bits per heavy atom. The van der Waals surface area contributed by atoms with Crippen molar-refractivity contribution in [1.29, 1.82) is 0 Å². The third kappa shape index (κ3) is 3.03. The monoisotopic (exact) mass is 343 g/mol. The first-order valence-corrected chi connectivity index (χ1v) is 8.08. The highest BCUT2D eigenvalue weighted by Crippen LogP contribution is 2.30. The number of benzene rings is 2. The summed E-state index contributed by atoms with van der Waals surface area (Å²) in [5.74, 6) is 0.167. The van der Waals surface area contributed by atoms with E-state index in [9.17, 15) is 4.79 Å².